The Morgan fingerprint density at radius 1 is 1.56 bits per heavy atom. The second kappa shape index (κ2) is 4.53. The van der Waals surface area contributed by atoms with Crippen LogP contribution in [0.15, 0.2) is 24.3 Å². The highest BCUT2D eigenvalue weighted by Gasteiger charge is 2.23. The molecule has 86 valence electrons. The molecule has 4 heteroatoms. The Morgan fingerprint density at radius 2 is 2.38 bits per heavy atom. The summed E-state index contributed by atoms with van der Waals surface area (Å²) in [4.78, 5) is 13.6. The SMILES string of the molecule is N[C@@H]1CCN(C(=O)Cc2cccc(O)c2)C1. The molecule has 0 bridgehead atoms. The van der Waals surface area contributed by atoms with Crippen LogP contribution in [-0.2, 0) is 11.2 Å². The molecule has 1 aliphatic rings. The van der Waals surface area contributed by atoms with Crippen molar-refractivity contribution in [3.05, 3.63) is 29.8 Å². The van der Waals surface area contributed by atoms with Crippen LogP contribution in [0, 0.1) is 0 Å². The van der Waals surface area contributed by atoms with E-state index >= 15 is 0 Å². The second-order valence-electron chi connectivity index (χ2n) is 4.24. The lowest BCUT2D eigenvalue weighted by Gasteiger charge is -2.15. The molecular formula is C12H16N2O2. The summed E-state index contributed by atoms with van der Waals surface area (Å²) in [6.07, 6.45) is 1.22. The highest BCUT2D eigenvalue weighted by molar-refractivity contribution is 5.79. The molecule has 0 radical (unpaired) electrons. The van der Waals surface area contributed by atoms with Gasteiger partial charge in [-0.1, -0.05) is 12.1 Å². The van der Waals surface area contributed by atoms with Crippen LogP contribution in [0.5, 0.6) is 5.75 Å². The minimum absolute atomic E-state index is 0.0820. The molecule has 1 heterocycles. The monoisotopic (exact) mass is 220 g/mol. The number of hydrogen-bond donors (Lipinski definition) is 2. The standard InChI is InChI=1S/C12H16N2O2/c13-10-4-5-14(8-10)12(16)7-9-2-1-3-11(15)6-9/h1-3,6,10,15H,4-5,7-8,13H2/t10-/m1/s1. The van der Waals surface area contributed by atoms with Gasteiger partial charge in [-0.15, -0.1) is 0 Å². The fourth-order valence-electron chi connectivity index (χ4n) is 1.97. The summed E-state index contributed by atoms with van der Waals surface area (Å²) in [5.41, 5.74) is 6.58. The summed E-state index contributed by atoms with van der Waals surface area (Å²) >= 11 is 0. The maximum absolute atomic E-state index is 11.9. The van der Waals surface area contributed by atoms with E-state index in [1.165, 1.54) is 0 Å². The number of phenolic OH excluding ortho intramolecular Hbond substituents is 1. The molecule has 0 aliphatic carbocycles. The number of likely N-dealkylation sites (tertiary alicyclic amines) is 1. The first-order valence-electron chi connectivity index (χ1n) is 5.46. The summed E-state index contributed by atoms with van der Waals surface area (Å²) < 4.78 is 0. The molecule has 16 heavy (non-hydrogen) atoms. The fourth-order valence-corrected chi connectivity index (χ4v) is 1.97. The van der Waals surface area contributed by atoms with Crippen molar-refractivity contribution in [2.45, 2.75) is 18.9 Å². The van der Waals surface area contributed by atoms with Gasteiger partial charge in [0.2, 0.25) is 5.91 Å². The molecule has 4 nitrogen and oxygen atoms in total. The number of carbonyl (C=O) groups excluding carboxylic acids is 1. The Labute approximate surface area is 94.7 Å². The molecule has 0 saturated carbocycles. The van der Waals surface area contributed by atoms with Crippen molar-refractivity contribution in [1.82, 2.24) is 4.90 Å². The van der Waals surface area contributed by atoms with E-state index in [2.05, 4.69) is 0 Å². The van der Waals surface area contributed by atoms with Gasteiger partial charge in [0.1, 0.15) is 5.75 Å². The Morgan fingerprint density at radius 3 is 3.00 bits per heavy atom. The second-order valence-corrected chi connectivity index (χ2v) is 4.24. The lowest BCUT2D eigenvalue weighted by Crippen LogP contribution is -2.32. The van der Waals surface area contributed by atoms with Crippen molar-refractivity contribution in [3.63, 3.8) is 0 Å². The molecule has 1 aliphatic heterocycles. The molecule has 1 aromatic rings. The first-order chi connectivity index (χ1) is 7.65. The van der Waals surface area contributed by atoms with Crippen LogP contribution in [0.1, 0.15) is 12.0 Å². The van der Waals surface area contributed by atoms with Gasteiger partial charge in [0, 0.05) is 19.1 Å². The molecule has 1 atom stereocenters. The number of aromatic hydroxyl groups is 1. The molecule has 1 amide bonds. The number of hydrogen-bond acceptors (Lipinski definition) is 3. The van der Waals surface area contributed by atoms with Gasteiger partial charge in [-0.3, -0.25) is 4.79 Å². The highest BCUT2D eigenvalue weighted by Crippen LogP contribution is 2.14. The normalized spacial score (nSPS) is 20.1. The van der Waals surface area contributed by atoms with E-state index in [0.29, 0.717) is 13.0 Å². The largest absolute Gasteiger partial charge is 0.508 e. The third kappa shape index (κ3) is 2.52. The number of rotatable bonds is 2. The lowest BCUT2D eigenvalue weighted by atomic mass is 10.1. The quantitative estimate of drug-likeness (QED) is 0.762. The van der Waals surface area contributed by atoms with E-state index in [9.17, 15) is 9.90 Å². The summed E-state index contributed by atoms with van der Waals surface area (Å²) in [7, 11) is 0. The smallest absolute Gasteiger partial charge is 0.227 e. The predicted molar refractivity (Wildman–Crippen MR) is 61.0 cm³/mol. The summed E-state index contributed by atoms with van der Waals surface area (Å²) in [5.74, 6) is 0.280. The van der Waals surface area contributed by atoms with E-state index in [1.54, 1.807) is 23.1 Å². The Hall–Kier alpha value is -1.55. The van der Waals surface area contributed by atoms with Crippen molar-refractivity contribution < 1.29 is 9.90 Å². The Bertz CT molecular complexity index is 392. The molecule has 1 aromatic carbocycles. The number of nitrogens with two attached hydrogens (primary N) is 1. The molecule has 0 spiro atoms. The van der Waals surface area contributed by atoms with Crippen LogP contribution in [0.4, 0.5) is 0 Å². The molecule has 2 rings (SSSR count). The van der Waals surface area contributed by atoms with Gasteiger partial charge < -0.3 is 15.7 Å². The van der Waals surface area contributed by atoms with Crippen LogP contribution in [0.3, 0.4) is 0 Å². The van der Waals surface area contributed by atoms with Gasteiger partial charge in [-0.25, -0.2) is 0 Å². The zero-order valence-electron chi connectivity index (χ0n) is 9.10. The van der Waals surface area contributed by atoms with E-state index in [1.807, 2.05) is 6.07 Å². The first kappa shape index (κ1) is 11.0. The third-order valence-electron chi connectivity index (χ3n) is 2.84. The number of phenols is 1. The van der Waals surface area contributed by atoms with Gasteiger partial charge in [-0.2, -0.15) is 0 Å². The molecule has 1 saturated heterocycles. The summed E-state index contributed by atoms with van der Waals surface area (Å²) in [5, 5.41) is 9.29. The van der Waals surface area contributed by atoms with Crippen molar-refractivity contribution >= 4 is 5.91 Å². The average molecular weight is 220 g/mol. The van der Waals surface area contributed by atoms with Crippen LogP contribution >= 0.6 is 0 Å². The number of nitrogens with zero attached hydrogens (tertiary/aromatic N) is 1. The van der Waals surface area contributed by atoms with E-state index in [4.69, 9.17) is 5.73 Å². The lowest BCUT2D eigenvalue weighted by molar-refractivity contribution is -0.129. The van der Waals surface area contributed by atoms with Gasteiger partial charge >= 0.3 is 0 Å². The molecule has 0 aromatic heterocycles. The van der Waals surface area contributed by atoms with E-state index in [-0.39, 0.29) is 17.7 Å². The van der Waals surface area contributed by atoms with Gasteiger partial charge in [0.25, 0.3) is 0 Å². The van der Waals surface area contributed by atoms with E-state index < -0.39 is 0 Å². The predicted octanol–water partition coefficient (Wildman–Crippen LogP) is 0.494. The maximum atomic E-state index is 11.9. The van der Waals surface area contributed by atoms with Gasteiger partial charge in [0.15, 0.2) is 0 Å². The zero-order valence-corrected chi connectivity index (χ0v) is 9.10. The number of benzene rings is 1. The van der Waals surface area contributed by atoms with Crippen LogP contribution < -0.4 is 5.73 Å². The Balaban J connectivity index is 1.97. The average Bonchev–Trinajstić information content (AvgIpc) is 2.65. The van der Waals surface area contributed by atoms with Crippen molar-refractivity contribution in [2.75, 3.05) is 13.1 Å². The van der Waals surface area contributed by atoms with Crippen molar-refractivity contribution in [3.8, 4) is 5.75 Å². The number of amides is 1. The molecule has 0 unspecified atom stereocenters. The van der Waals surface area contributed by atoms with E-state index in [0.717, 1.165) is 18.5 Å². The topological polar surface area (TPSA) is 66.6 Å². The Kier molecular flexibility index (Phi) is 3.10. The van der Waals surface area contributed by atoms with Crippen LogP contribution in [0.25, 0.3) is 0 Å². The minimum atomic E-state index is 0.0820. The highest BCUT2D eigenvalue weighted by atomic mass is 16.3. The van der Waals surface area contributed by atoms with Gasteiger partial charge in [-0.05, 0) is 24.1 Å². The van der Waals surface area contributed by atoms with Crippen molar-refractivity contribution in [1.29, 1.82) is 0 Å². The van der Waals surface area contributed by atoms with Crippen LogP contribution in [0.2, 0.25) is 0 Å². The maximum Gasteiger partial charge on any atom is 0.227 e. The third-order valence-corrected chi connectivity index (χ3v) is 2.84. The molecule has 1 fully saturated rings. The summed E-state index contributed by atoms with van der Waals surface area (Å²) in [6, 6.07) is 6.92. The number of carbonyl (C=O) groups is 1. The van der Waals surface area contributed by atoms with Crippen LogP contribution in [-0.4, -0.2) is 35.0 Å². The van der Waals surface area contributed by atoms with Gasteiger partial charge in [0.05, 0.1) is 6.42 Å². The van der Waals surface area contributed by atoms with Crippen molar-refractivity contribution in [2.24, 2.45) is 5.73 Å². The molecule has 3 N–H and O–H groups in total. The summed E-state index contributed by atoms with van der Waals surface area (Å²) in [6.45, 7) is 1.40. The zero-order chi connectivity index (χ0) is 11.5. The fraction of sp³-hybridized carbons (Fsp3) is 0.417. The minimum Gasteiger partial charge on any atom is -0.508 e. The molecular weight excluding hydrogens is 204 g/mol. The first-order valence-corrected chi connectivity index (χ1v) is 5.46.